The van der Waals surface area contributed by atoms with Crippen LogP contribution in [0.15, 0.2) is 128 Å². The van der Waals surface area contributed by atoms with E-state index in [0.29, 0.717) is 97.5 Å². The Morgan fingerprint density at radius 2 is 1.09 bits per heavy atom. The number of halogens is 9. The van der Waals surface area contributed by atoms with Crippen LogP contribution in [0.3, 0.4) is 0 Å². The minimum Gasteiger partial charge on any atom is -0.491 e. The van der Waals surface area contributed by atoms with Gasteiger partial charge < -0.3 is 44.2 Å². The number of alkyl halides is 9. The van der Waals surface area contributed by atoms with Crippen molar-refractivity contribution >= 4 is 81.7 Å². The van der Waals surface area contributed by atoms with Gasteiger partial charge in [-0.1, -0.05) is 24.3 Å². The number of carbonyl (C=O) groups is 3. The first kappa shape index (κ1) is 66.6. The number of fused-ring (bicyclic) bond motifs is 12. The van der Waals surface area contributed by atoms with Crippen molar-refractivity contribution < 1.29 is 73.6 Å². The molecule has 516 valence electrons. The van der Waals surface area contributed by atoms with Gasteiger partial charge in [-0.25, -0.2) is 44.3 Å². The second-order valence-corrected chi connectivity index (χ2v) is 24.4. The summed E-state index contributed by atoms with van der Waals surface area (Å²) in [4.78, 5) is 79.9. The van der Waals surface area contributed by atoms with E-state index in [9.17, 15) is 59.0 Å². The highest BCUT2D eigenvalue weighted by Gasteiger charge is 2.49. The van der Waals surface area contributed by atoms with Crippen LogP contribution in [0.5, 0.6) is 5.75 Å². The van der Waals surface area contributed by atoms with Gasteiger partial charge in [0.05, 0.1) is 66.2 Å². The van der Waals surface area contributed by atoms with E-state index in [1.54, 1.807) is 106 Å². The summed E-state index contributed by atoms with van der Waals surface area (Å²) in [5, 5.41) is 26.7. The summed E-state index contributed by atoms with van der Waals surface area (Å²) in [5.74, 6) is 3.26. The highest BCUT2D eigenvalue weighted by molar-refractivity contribution is 6.06. The third-order valence-corrected chi connectivity index (χ3v) is 18.1. The molecule has 33 heteroatoms. The van der Waals surface area contributed by atoms with Crippen molar-refractivity contribution in [1.29, 1.82) is 0 Å². The molecule has 98 heavy (non-hydrogen) atoms. The summed E-state index contributed by atoms with van der Waals surface area (Å²) >= 11 is 0. The smallest absolute Gasteiger partial charge is 0.416 e. The first-order valence-corrected chi connectivity index (χ1v) is 31.8. The van der Waals surface area contributed by atoms with Crippen LogP contribution in [0, 0.1) is 0 Å². The first-order valence-electron chi connectivity index (χ1n) is 31.8. The second-order valence-electron chi connectivity index (χ2n) is 24.4. The molecule has 1 unspecified atom stereocenters. The van der Waals surface area contributed by atoms with E-state index in [1.165, 1.54) is 28.1 Å². The number of hydrogen-bond donors (Lipinski definition) is 5. The second kappa shape index (κ2) is 27.5. The molecule has 8 aliphatic rings. The predicted molar refractivity (Wildman–Crippen MR) is 345 cm³/mol. The number of nitrogens with one attached hydrogen (secondary N) is 3. The van der Waals surface area contributed by atoms with Crippen molar-refractivity contribution in [1.82, 2.24) is 29.9 Å². The molecule has 15 rings (SSSR count). The fourth-order valence-corrected chi connectivity index (χ4v) is 13.4. The number of urea groups is 3. The van der Waals surface area contributed by atoms with Crippen molar-refractivity contribution in [3.8, 4) is 17.0 Å². The molecular formula is C65H66F9N17O7. The largest absolute Gasteiger partial charge is 0.491 e. The number of morpholine rings is 1. The summed E-state index contributed by atoms with van der Waals surface area (Å²) in [7, 11) is 0. The van der Waals surface area contributed by atoms with Crippen LogP contribution in [0.25, 0.3) is 11.3 Å². The lowest BCUT2D eigenvalue weighted by atomic mass is 10.1. The Morgan fingerprint density at radius 3 is 1.63 bits per heavy atom. The van der Waals surface area contributed by atoms with Gasteiger partial charge in [-0.15, -0.1) is 0 Å². The summed E-state index contributed by atoms with van der Waals surface area (Å²) < 4.78 is 130. The van der Waals surface area contributed by atoms with E-state index in [0.717, 1.165) is 61.7 Å². The van der Waals surface area contributed by atoms with Crippen LogP contribution in [-0.2, 0) is 10.9 Å². The van der Waals surface area contributed by atoms with Crippen molar-refractivity contribution in [3.63, 3.8) is 0 Å². The monoisotopic (exact) mass is 1370 g/mol. The maximum absolute atomic E-state index is 13.5. The van der Waals surface area contributed by atoms with Gasteiger partial charge in [0.1, 0.15) is 53.6 Å². The fourth-order valence-electron chi connectivity index (χ4n) is 13.4. The average molecular weight is 1370 g/mol. The molecule has 5 N–H and O–H groups in total. The fraction of sp³-hybridized carbons (Fsp3) is 0.400. The number of pyridine rings is 6. The molecule has 24 nitrogen and oxygen atoms in total. The van der Waals surface area contributed by atoms with E-state index in [2.05, 4.69) is 60.6 Å². The summed E-state index contributed by atoms with van der Waals surface area (Å²) in [6.07, 6.45) is -8.75. The third kappa shape index (κ3) is 14.2. The van der Waals surface area contributed by atoms with Crippen molar-refractivity contribution in [2.24, 2.45) is 0 Å². The van der Waals surface area contributed by atoms with E-state index in [-0.39, 0.29) is 68.0 Å². The van der Waals surface area contributed by atoms with Crippen LogP contribution in [0.2, 0.25) is 0 Å². The standard InChI is InChI=1S/C25H24F3N5O4.C20H21F3N6O2.C20H21F3N6O/c26-25(27,28)16-3-1-2-15(10-16)20-4-5-21-23(30-20)33(17-7-9-32(21)12-17)24(36)31-22-11-19(6-8-29-22)37-14-18(35)13-34;21-20(22,23)15-12-28(9-10-31-15)17-5-4-14-18(26-17)29(13-6-8-27(14)11-13)19(30)25-16-3-1-2-7-24-16;21-20(22,23)15-4-3-10-28(15)17-7-6-14-18(26-17)29(13-8-11-27(14)12-13)19(30)25-16-5-1-2-9-24-16/h1-6,8,10-11,17-18,34-35H,7,9,12-14H2,(H,29,31,36);1-5,7,13,15H,6,8-12H2,(H,24,25,30);1-2,5-7,9,13,15H,3-4,8,10-12H2,(H,24,25,30)/t17-,18-;13-,15?;13-,15+/m000/s1. The zero-order valence-electron chi connectivity index (χ0n) is 52.2. The molecule has 5 fully saturated rings. The molecule has 14 heterocycles. The number of rotatable bonds is 10. The Balaban J connectivity index is 0.000000133. The molecule has 5 saturated heterocycles. The lowest BCUT2D eigenvalue weighted by Crippen LogP contribution is -2.50. The van der Waals surface area contributed by atoms with E-state index in [1.807, 2.05) is 6.07 Å². The summed E-state index contributed by atoms with van der Waals surface area (Å²) in [6, 6.07) is 25.7. The van der Waals surface area contributed by atoms with Gasteiger partial charge in [-0.05, 0) is 111 Å². The maximum atomic E-state index is 13.5. The van der Waals surface area contributed by atoms with Crippen LogP contribution in [0.4, 0.5) is 118 Å². The lowest BCUT2D eigenvalue weighted by molar-refractivity contribution is -0.221. The zero-order valence-corrected chi connectivity index (χ0v) is 52.2. The quantitative estimate of drug-likeness (QED) is 0.0799. The zero-order chi connectivity index (χ0) is 68.6. The lowest BCUT2D eigenvalue weighted by Gasteiger charge is -2.38. The number of hydrogen-bond acceptors (Lipinski definition) is 18. The highest BCUT2D eigenvalue weighted by Crippen LogP contribution is 2.46. The molecule has 0 saturated carbocycles. The maximum Gasteiger partial charge on any atom is 0.416 e. The van der Waals surface area contributed by atoms with Crippen LogP contribution >= 0.6 is 0 Å². The van der Waals surface area contributed by atoms with E-state index >= 15 is 0 Å². The van der Waals surface area contributed by atoms with Gasteiger partial charge in [0.25, 0.3) is 0 Å². The molecule has 0 aliphatic carbocycles. The number of amides is 6. The molecule has 0 spiro atoms. The SMILES string of the molecule is O=C(Nc1cc(OC[C@@H](O)CO)ccn1)N1c2nc(-c3cccc(C(F)(F)F)c3)ccc2N2CC[C@H]1C2.O=C(Nc1ccccn1)N1c2nc(N3CCC[C@@H]3C(F)(F)F)ccc2N2CC[C@H]1C2.O=C(Nc1ccccn1)N1c2nc(N3CCOC(C(F)(F)F)C3)ccc2N2CC[C@H]1C2. The van der Waals surface area contributed by atoms with Crippen molar-refractivity contribution in [3.05, 3.63) is 133 Å². The first-order chi connectivity index (χ1) is 47.0. The predicted octanol–water partition coefficient (Wildman–Crippen LogP) is 10.0. The molecular weight excluding hydrogens is 1300 g/mol. The molecule has 6 aromatic heterocycles. The number of aliphatic hydroxyl groups is 2. The van der Waals surface area contributed by atoms with Crippen LogP contribution in [0.1, 0.15) is 37.7 Å². The van der Waals surface area contributed by atoms with E-state index < -0.39 is 55.0 Å². The number of aliphatic hydroxyl groups excluding tert-OH is 2. The molecule has 0 radical (unpaired) electrons. The molecule has 8 aliphatic heterocycles. The third-order valence-electron chi connectivity index (χ3n) is 18.1. The Bertz CT molecular complexity index is 4040. The summed E-state index contributed by atoms with van der Waals surface area (Å²) in [6.45, 7) is 3.92. The average Bonchev–Trinajstić information content (AvgIpc) is 1.53. The number of aromatic nitrogens is 6. The Kier molecular flexibility index (Phi) is 18.7. The Morgan fingerprint density at radius 1 is 0.551 bits per heavy atom. The number of nitrogens with zero attached hydrogens (tertiary/aromatic N) is 14. The number of benzene rings is 1. The molecule has 7 aromatic rings. The topological polar surface area (TPSA) is 249 Å². The minimum absolute atomic E-state index is 0.0401. The van der Waals surface area contributed by atoms with E-state index in [4.69, 9.17) is 14.6 Å². The van der Waals surface area contributed by atoms with Crippen molar-refractivity contribution in [2.75, 3.05) is 134 Å². The number of ether oxygens (including phenoxy) is 2. The normalized spacial score (nSPS) is 20.9. The molecule has 6 atom stereocenters. The highest BCUT2D eigenvalue weighted by atomic mass is 19.4. The van der Waals surface area contributed by atoms with Crippen molar-refractivity contribution in [2.45, 2.75) is 87.0 Å². The van der Waals surface area contributed by atoms with Gasteiger partial charge >= 0.3 is 36.6 Å². The Hall–Kier alpha value is -10.0. The molecule has 6 bridgehead atoms. The molecule has 1 aromatic carbocycles. The van der Waals surface area contributed by atoms with Gasteiger partial charge in [0.2, 0.25) is 0 Å². The van der Waals surface area contributed by atoms with Gasteiger partial charge in [0.15, 0.2) is 23.6 Å². The van der Waals surface area contributed by atoms with Gasteiger partial charge in [-0.3, -0.25) is 30.7 Å². The van der Waals surface area contributed by atoms with Crippen LogP contribution in [-0.4, -0.2) is 186 Å². The molecule has 6 amide bonds. The minimum atomic E-state index is -4.48. The number of carbonyl (C=O) groups excluding carboxylic acids is 3. The van der Waals surface area contributed by atoms with Gasteiger partial charge in [0, 0.05) is 82.6 Å². The Labute approximate surface area is 554 Å². The van der Waals surface area contributed by atoms with Gasteiger partial charge in [-0.2, -0.15) is 39.5 Å². The van der Waals surface area contributed by atoms with Crippen LogP contribution < -0.4 is 59.9 Å². The number of anilines is 11. The summed E-state index contributed by atoms with van der Waals surface area (Å²) in [5.41, 5.74) is 2.13.